The van der Waals surface area contributed by atoms with Gasteiger partial charge in [0.15, 0.2) is 0 Å². The molecule has 0 bridgehead atoms. The number of nitrogens with one attached hydrogen (secondary N) is 3. The molecule has 0 aliphatic carbocycles. The largest absolute Gasteiger partial charge is 0.324 e. The Hall–Kier alpha value is -3.40. The number of aryl methyl sites for hydroxylation is 1. The molecule has 8 nitrogen and oxygen atoms in total. The molecule has 2 atom stereocenters. The van der Waals surface area contributed by atoms with E-state index in [4.69, 9.17) is 0 Å². The van der Waals surface area contributed by atoms with Crippen LogP contribution in [-0.4, -0.2) is 44.4 Å². The first kappa shape index (κ1) is 21.8. The summed E-state index contributed by atoms with van der Waals surface area (Å²) in [4.78, 5) is 21.0. The van der Waals surface area contributed by atoms with Crippen LogP contribution < -0.4 is 16.0 Å². The van der Waals surface area contributed by atoms with Crippen LogP contribution in [0.3, 0.4) is 0 Å². The third-order valence-electron chi connectivity index (χ3n) is 5.25. The summed E-state index contributed by atoms with van der Waals surface area (Å²) in [6, 6.07) is 3.86. The van der Waals surface area contributed by atoms with Crippen molar-refractivity contribution >= 4 is 23.2 Å². The Morgan fingerprint density at radius 3 is 2.78 bits per heavy atom. The van der Waals surface area contributed by atoms with Gasteiger partial charge in [-0.05, 0) is 44.5 Å². The number of aromatic nitrogens is 4. The SMILES string of the molecule is Cc1cnc(Nc2ccc(NC(=O)[C@H]3C[C@H](F)CN3)c(F)c2)nc1-c1cnn(C(C)C)c1. The zero-order chi connectivity index (χ0) is 22.8. The molecule has 2 aromatic heterocycles. The smallest absolute Gasteiger partial charge is 0.241 e. The molecule has 1 fully saturated rings. The van der Waals surface area contributed by atoms with Crippen molar-refractivity contribution in [2.45, 2.75) is 45.4 Å². The molecule has 1 aliphatic rings. The van der Waals surface area contributed by atoms with E-state index in [2.05, 4.69) is 31.0 Å². The van der Waals surface area contributed by atoms with Crippen molar-refractivity contribution in [3.05, 3.63) is 48.2 Å². The lowest BCUT2D eigenvalue weighted by Gasteiger charge is -2.13. The highest BCUT2D eigenvalue weighted by Crippen LogP contribution is 2.25. The van der Waals surface area contributed by atoms with Crippen molar-refractivity contribution in [2.75, 3.05) is 17.2 Å². The number of amides is 1. The molecule has 1 aliphatic heterocycles. The average molecular weight is 441 g/mol. The van der Waals surface area contributed by atoms with E-state index in [1.807, 2.05) is 31.6 Å². The summed E-state index contributed by atoms with van der Waals surface area (Å²) in [5.41, 5.74) is 2.93. The Morgan fingerprint density at radius 1 is 1.31 bits per heavy atom. The molecule has 1 saturated heterocycles. The zero-order valence-electron chi connectivity index (χ0n) is 18.1. The highest BCUT2D eigenvalue weighted by atomic mass is 19.1. The van der Waals surface area contributed by atoms with Gasteiger partial charge in [-0.15, -0.1) is 0 Å². The molecular weight excluding hydrogens is 416 g/mol. The molecule has 3 aromatic rings. The van der Waals surface area contributed by atoms with E-state index in [-0.39, 0.29) is 24.7 Å². The number of hydrogen-bond donors (Lipinski definition) is 3. The summed E-state index contributed by atoms with van der Waals surface area (Å²) in [5, 5.41) is 12.6. The van der Waals surface area contributed by atoms with Crippen LogP contribution in [0.2, 0.25) is 0 Å². The van der Waals surface area contributed by atoms with Crippen molar-refractivity contribution in [1.82, 2.24) is 25.1 Å². The summed E-state index contributed by atoms with van der Waals surface area (Å²) in [6.07, 6.45) is 4.37. The first-order valence-corrected chi connectivity index (χ1v) is 10.4. The van der Waals surface area contributed by atoms with Gasteiger partial charge in [-0.25, -0.2) is 18.7 Å². The first-order chi connectivity index (χ1) is 15.3. The van der Waals surface area contributed by atoms with Gasteiger partial charge in [-0.1, -0.05) is 0 Å². The van der Waals surface area contributed by atoms with Crippen LogP contribution >= 0.6 is 0 Å². The summed E-state index contributed by atoms with van der Waals surface area (Å²) >= 11 is 0. The van der Waals surface area contributed by atoms with E-state index in [1.165, 1.54) is 12.1 Å². The summed E-state index contributed by atoms with van der Waals surface area (Å²) in [6.45, 7) is 6.12. The number of carbonyl (C=O) groups is 1. The number of alkyl halides is 1. The first-order valence-electron chi connectivity index (χ1n) is 10.4. The van der Waals surface area contributed by atoms with Crippen LogP contribution in [0.15, 0.2) is 36.8 Å². The Balaban J connectivity index is 1.48. The van der Waals surface area contributed by atoms with Gasteiger partial charge < -0.3 is 16.0 Å². The molecular formula is C22H25F2N7O. The second-order valence-corrected chi connectivity index (χ2v) is 8.13. The summed E-state index contributed by atoms with van der Waals surface area (Å²) < 4.78 is 29.7. The van der Waals surface area contributed by atoms with Gasteiger partial charge >= 0.3 is 0 Å². The van der Waals surface area contributed by atoms with Crippen molar-refractivity contribution < 1.29 is 13.6 Å². The fraction of sp³-hybridized carbons (Fsp3) is 0.364. The molecule has 4 rings (SSSR count). The lowest BCUT2D eigenvalue weighted by atomic mass is 10.1. The molecule has 0 radical (unpaired) electrons. The molecule has 0 saturated carbocycles. The maximum Gasteiger partial charge on any atom is 0.241 e. The normalized spacial score (nSPS) is 18.2. The minimum atomic E-state index is -1.07. The molecule has 168 valence electrons. The molecule has 10 heteroatoms. The third-order valence-corrected chi connectivity index (χ3v) is 5.25. The van der Waals surface area contributed by atoms with Gasteiger partial charge in [0.05, 0.1) is 23.6 Å². The lowest BCUT2D eigenvalue weighted by molar-refractivity contribution is -0.117. The minimum absolute atomic E-state index is 0.0243. The number of benzene rings is 1. The summed E-state index contributed by atoms with van der Waals surface area (Å²) in [7, 11) is 0. The van der Waals surface area contributed by atoms with Crippen molar-refractivity contribution in [3.63, 3.8) is 0 Å². The Morgan fingerprint density at radius 2 is 2.12 bits per heavy atom. The number of carbonyl (C=O) groups excluding carboxylic acids is 1. The van der Waals surface area contributed by atoms with Crippen LogP contribution in [0.4, 0.5) is 26.1 Å². The van der Waals surface area contributed by atoms with E-state index < -0.39 is 23.9 Å². The van der Waals surface area contributed by atoms with Crippen LogP contribution in [0, 0.1) is 12.7 Å². The van der Waals surface area contributed by atoms with E-state index in [0.717, 1.165) is 16.8 Å². The highest BCUT2D eigenvalue weighted by molar-refractivity contribution is 5.95. The zero-order valence-corrected chi connectivity index (χ0v) is 18.1. The molecule has 0 spiro atoms. The second kappa shape index (κ2) is 8.99. The topological polar surface area (TPSA) is 96.8 Å². The number of halogens is 2. The number of nitrogens with zero attached hydrogens (tertiary/aromatic N) is 4. The number of hydrogen-bond acceptors (Lipinski definition) is 6. The minimum Gasteiger partial charge on any atom is -0.324 e. The molecule has 3 heterocycles. The van der Waals surface area contributed by atoms with Crippen molar-refractivity contribution in [2.24, 2.45) is 0 Å². The van der Waals surface area contributed by atoms with E-state index >= 15 is 0 Å². The van der Waals surface area contributed by atoms with E-state index in [1.54, 1.807) is 18.5 Å². The van der Waals surface area contributed by atoms with Gasteiger partial charge in [-0.3, -0.25) is 9.48 Å². The maximum atomic E-state index is 14.6. The standard InChI is InChI=1S/C22H25F2N7O/c1-12(2)31-11-14(9-27-31)20-13(3)8-26-22(30-20)28-16-4-5-18(17(24)7-16)29-21(32)19-6-15(23)10-25-19/h4-5,7-9,11-12,15,19,25H,6,10H2,1-3H3,(H,29,32)(H,26,28,30)/t15-,19+/m0/s1. The quantitative estimate of drug-likeness (QED) is 0.539. The number of anilines is 3. The van der Waals surface area contributed by atoms with E-state index in [9.17, 15) is 13.6 Å². The predicted octanol–water partition coefficient (Wildman–Crippen LogP) is 3.75. The van der Waals surface area contributed by atoms with Gasteiger partial charge in [0, 0.05) is 42.7 Å². The molecule has 32 heavy (non-hydrogen) atoms. The monoisotopic (exact) mass is 441 g/mol. The molecule has 1 amide bonds. The molecule has 0 unspecified atom stereocenters. The third kappa shape index (κ3) is 4.75. The second-order valence-electron chi connectivity index (χ2n) is 8.13. The van der Waals surface area contributed by atoms with Crippen LogP contribution in [0.25, 0.3) is 11.3 Å². The van der Waals surface area contributed by atoms with Gasteiger partial charge in [-0.2, -0.15) is 5.10 Å². The Kier molecular flexibility index (Phi) is 6.13. The lowest BCUT2D eigenvalue weighted by Crippen LogP contribution is -2.35. The van der Waals surface area contributed by atoms with Gasteiger partial charge in [0.2, 0.25) is 11.9 Å². The van der Waals surface area contributed by atoms with E-state index in [0.29, 0.717) is 11.6 Å². The number of rotatable bonds is 6. The Bertz CT molecular complexity index is 1130. The molecule has 1 aromatic carbocycles. The van der Waals surface area contributed by atoms with Gasteiger partial charge in [0.25, 0.3) is 0 Å². The fourth-order valence-corrected chi connectivity index (χ4v) is 3.47. The van der Waals surface area contributed by atoms with Crippen LogP contribution in [-0.2, 0) is 4.79 Å². The highest BCUT2D eigenvalue weighted by Gasteiger charge is 2.29. The summed E-state index contributed by atoms with van der Waals surface area (Å²) in [5.74, 6) is -0.773. The maximum absolute atomic E-state index is 14.6. The van der Waals surface area contributed by atoms with Crippen molar-refractivity contribution in [3.8, 4) is 11.3 Å². The predicted molar refractivity (Wildman–Crippen MR) is 118 cm³/mol. The Labute approximate surface area is 184 Å². The average Bonchev–Trinajstić information content (AvgIpc) is 3.41. The molecule has 3 N–H and O–H groups in total. The fourth-order valence-electron chi connectivity index (χ4n) is 3.47. The van der Waals surface area contributed by atoms with Crippen molar-refractivity contribution in [1.29, 1.82) is 0 Å². The van der Waals surface area contributed by atoms with Gasteiger partial charge in [0.1, 0.15) is 12.0 Å². The van der Waals surface area contributed by atoms with Crippen LogP contribution in [0.1, 0.15) is 31.9 Å². The van der Waals surface area contributed by atoms with Crippen LogP contribution in [0.5, 0.6) is 0 Å².